The highest BCUT2D eigenvalue weighted by atomic mass is 32.1. The van der Waals surface area contributed by atoms with Gasteiger partial charge < -0.3 is 20.5 Å². The third kappa shape index (κ3) is 9.68. The lowest BCUT2D eigenvalue weighted by atomic mass is 9.93. The number of hydrogen-bond donors (Lipinski definition) is 3. The van der Waals surface area contributed by atoms with E-state index in [1.54, 1.807) is 0 Å². The number of likely N-dealkylation sites (tertiary alicyclic amines) is 1. The Morgan fingerprint density at radius 1 is 1.32 bits per heavy atom. The van der Waals surface area contributed by atoms with E-state index in [9.17, 15) is 19.1 Å². The summed E-state index contributed by atoms with van der Waals surface area (Å²) in [6.45, 7) is 7.13. The van der Waals surface area contributed by atoms with Gasteiger partial charge >= 0.3 is 0 Å². The smallest absolute Gasteiger partial charge is 0.273 e. The molecule has 3 N–H and O–H groups in total. The first-order valence-corrected chi connectivity index (χ1v) is 13.3. The summed E-state index contributed by atoms with van der Waals surface area (Å²) < 4.78 is 21.3. The van der Waals surface area contributed by atoms with Crippen LogP contribution in [0, 0.1) is 5.92 Å². The van der Waals surface area contributed by atoms with Gasteiger partial charge in [0.2, 0.25) is 17.5 Å². The Kier molecular flexibility index (Phi) is 10.4. The number of halogens is 1. The van der Waals surface area contributed by atoms with E-state index in [1.165, 1.54) is 29.3 Å². The van der Waals surface area contributed by atoms with Crippen molar-refractivity contribution < 1.29 is 23.8 Å². The van der Waals surface area contributed by atoms with Crippen molar-refractivity contribution in [1.29, 1.82) is 0 Å². The summed E-state index contributed by atoms with van der Waals surface area (Å²) in [5, 5.41) is 32.1. The van der Waals surface area contributed by atoms with Gasteiger partial charge in [0.25, 0.3) is 5.91 Å². The highest BCUT2D eigenvalue weighted by Gasteiger charge is 2.28. The number of aryl methyl sites for hydroxylation is 1. The summed E-state index contributed by atoms with van der Waals surface area (Å²) in [6.07, 6.45) is 2.79. The molecule has 206 valence electrons. The van der Waals surface area contributed by atoms with Crippen molar-refractivity contribution in [3.63, 3.8) is 0 Å². The van der Waals surface area contributed by atoms with Gasteiger partial charge in [0.15, 0.2) is 5.69 Å². The molecule has 3 unspecified atom stereocenters. The van der Waals surface area contributed by atoms with Crippen LogP contribution in [0.4, 0.5) is 9.52 Å². The van der Waals surface area contributed by atoms with Crippen molar-refractivity contribution in [2.45, 2.75) is 84.0 Å². The number of rotatable bonds is 12. The molecule has 37 heavy (non-hydrogen) atoms. The molecule has 3 atom stereocenters. The first kappa shape index (κ1) is 29.0. The van der Waals surface area contributed by atoms with E-state index in [0.717, 1.165) is 19.4 Å². The highest BCUT2D eigenvalue weighted by Crippen LogP contribution is 2.25. The average molecular weight is 541 g/mol. The lowest BCUT2D eigenvalue weighted by Crippen LogP contribution is -2.46. The number of piperidine rings is 1. The van der Waals surface area contributed by atoms with Crippen LogP contribution in [0.2, 0.25) is 0 Å². The number of carbonyl (C=O) groups excluding carboxylic acids is 2. The fourth-order valence-electron chi connectivity index (χ4n) is 4.04. The SMILES string of the molecule is CNC(=O)c1cn(CC(F)CCc2nnc(NC(=O)CCC3CCCN(C(O)OC(C)(C)C)C3)s2)nn1. The zero-order valence-electron chi connectivity index (χ0n) is 21.8. The van der Waals surface area contributed by atoms with Crippen molar-refractivity contribution in [3.8, 4) is 0 Å². The quantitative estimate of drug-likeness (QED) is 0.344. The van der Waals surface area contributed by atoms with Gasteiger partial charge in [-0.1, -0.05) is 16.6 Å². The van der Waals surface area contributed by atoms with Crippen LogP contribution in [0.15, 0.2) is 6.20 Å². The van der Waals surface area contributed by atoms with Gasteiger partial charge in [-0.15, -0.1) is 15.3 Å². The number of amides is 2. The summed E-state index contributed by atoms with van der Waals surface area (Å²) >= 11 is 1.23. The molecule has 0 aliphatic carbocycles. The average Bonchev–Trinajstić information content (AvgIpc) is 3.49. The highest BCUT2D eigenvalue weighted by molar-refractivity contribution is 7.15. The fourth-order valence-corrected chi connectivity index (χ4v) is 4.81. The second-order valence-electron chi connectivity index (χ2n) is 10.2. The monoisotopic (exact) mass is 540 g/mol. The lowest BCUT2D eigenvalue weighted by molar-refractivity contribution is -0.245. The molecule has 0 bridgehead atoms. The maximum atomic E-state index is 14.4. The number of aromatic nitrogens is 5. The summed E-state index contributed by atoms with van der Waals surface area (Å²) in [5.74, 6) is -0.232. The van der Waals surface area contributed by atoms with Gasteiger partial charge in [-0.2, -0.15) is 0 Å². The third-order valence-corrected chi connectivity index (χ3v) is 6.77. The van der Waals surface area contributed by atoms with Crippen LogP contribution in [0.5, 0.6) is 0 Å². The Balaban J connectivity index is 1.37. The van der Waals surface area contributed by atoms with Crippen LogP contribution in [0.25, 0.3) is 0 Å². The Morgan fingerprint density at radius 3 is 2.84 bits per heavy atom. The molecule has 3 heterocycles. The predicted octanol–water partition coefficient (Wildman–Crippen LogP) is 1.98. The molecule has 12 nitrogen and oxygen atoms in total. The van der Waals surface area contributed by atoms with Crippen molar-refractivity contribution in [3.05, 3.63) is 16.9 Å². The van der Waals surface area contributed by atoms with Crippen LogP contribution in [-0.4, -0.2) is 85.3 Å². The van der Waals surface area contributed by atoms with Gasteiger partial charge in [-0.05, 0) is 52.4 Å². The summed E-state index contributed by atoms with van der Waals surface area (Å²) in [7, 11) is 1.49. The molecule has 2 aromatic rings. The van der Waals surface area contributed by atoms with Crippen LogP contribution >= 0.6 is 11.3 Å². The number of hydrogen-bond acceptors (Lipinski definition) is 10. The Labute approximate surface area is 220 Å². The zero-order valence-corrected chi connectivity index (χ0v) is 22.6. The Bertz CT molecular complexity index is 1030. The summed E-state index contributed by atoms with van der Waals surface area (Å²) in [4.78, 5) is 25.9. The molecule has 1 aliphatic rings. The van der Waals surface area contributed by atoms with E-state index in [1.807, 2.05) is 25.7 Å². The zero-order chi connectivity index (χ0) is 27.0. The number of aliphatic hydroxyl groups is 1. The minimum absolute atomic E-state index is 0.0235. The summed E-state index contributed by atoms with van der Waals surface area (Å²) in [5.41, 5.74) is -0.306. The molecule has 3 rings (SSSR count). The molecule has 1 aliphatic heterocycles. The molecule has 0 spiro atoms. The maximum absolute atomic E-state index is 14.4. The second-order valence-corrected chi connectivity index (χ2v) is 11.3. The fraction of sp³-hybridized carbons (Fsp3) is 0.739. The Morgan fingerprint density at radius 2 is 2.11 bits per heavy atom. The van der Waals surface area contributed by atoms with E-state index in [0.29, 0.717) is 41.9 Å². The number of nitrogens with one attached hydrogen (secondary N) is 2. The van der Waals surface area contributed by atoms with E-state index in [4.69, 9.17) is 4.74 Å². The first-order valence-electron chi connectivity index (χ1n) is 12.5. The van der Waals surface area contributed by atoms with E-state index in [2.05, 4.69) is 31.1 Å². The number of aliphatic hydroxyl groups excluding tert-OH is 1. The van der Waals surface area contributed by atoms with Gasteiger partial charge in [-0.25, -0.2) is 9.07 Å². The standard InChI is InChI=1S/C23H37FN8O4S/c1-23(2,3)36-22(35)31-11-5-6-15(12-31)7-9-18(33)26-21-29-28-19(37-21)10-8-16(24)13-32-14-17(27-30-32)20(34)25-4/h14-16,22,35H,5-13H2,1-4H3,(H,25,34)(H,26,29,33). The number of carbonyl (C=O) groups is 2. The van der Waals surface area contributed by atoms with Gasteiger partial charge in [0.1, 0.15) is 11.2 Å². The van der Waals surface area contributed by atoms with E-state index in [-0.39, 0.29) is 30.5 Å². The number of anilines is 1. The van der Waals surface area contributed by atoms with Crippen molar-refractivity contribution in [2.24, 2.45) is 5.92 Å². The van der Waals surface area contributed by atoms with Crippen LogP contribution in [0.1, 0.15) is 68.4 Å². The molecular weight excluding hydrogens is 503 g/mol. The van der Waals surface area contributed by atoms with Crippen molar-refractivity contribution >= 4 is 28.3 Å². The predicted molar refractivity (Wildman–Crippen MR) is 136 cm³/mol. The molecule has 0 radical (unpaired) electrons. The Hall–Kier alpha value is -2.55. The molecule has 1 saturated heterocycles. The van der Waals surface area contributed by atoms with Gasteiger partial charge in [0, 0.05) is 33.0 Å². The molecule has 0 saturated carbocycles. The number of ether oxygens (including phenoxy) is 1. The molecule has 0 aromatic carbocycles. The van der Waals surface area contributed by atoms with E-state index < -0.39 is 18.2 Å². The number of alkyl halides is 1. The van der Waals surface area contributed by atoms with E-state index >= 15 is 0 Å². The maximum Gasteiger partial charge on any atom is 0.273 e. The normalized spacial score (nSPS) is 18.4. The van der Waals surface area contributed by atoms with Crippen LogP contribution < -0.4 is 10.6 Å². The number of nitrogens with zero attached hydrogens (tertiary/aromatic N) is 6. The minimum atomic E-state index is -1.21. The van der Waals surface area contributed by atoms with Crippen molar-refractivity contribution in [2.75, 3.05) is 25.5 Å². The summed E-state index contributed by atoms with van der Waals surface area (Å²) in [6, 6.07) is 0. The second kappa shape index (κ2) is 13.3. The van der Waals surface area contributed by atoms with Gasteiger partial charge in [-0.3, -0.25) is 14.5 Å². The van der Waals surface area contributed by atoms with Gasteiger partial charge in [0.05, 0.1) is 18.3 Å². The topological polar surface area (TPSA) is 147 Å². The molecule has 2 amide bonds. The molecular formula is C23H37FN8O4S. The lowest BCUT2D eigenvalue weighted by Gasteiger charge is -2.37. The largest absolute Gasteiger partial charge is 0.356 e. The molecule has 14 heteroatoms. The third-order valence-electron chi connectivity index (χ3n) is 5.87. The molecule has 2 aromatic heterocycles. The van der Waals surface area contributed by atoms with Crippen molar-refractivity contribution in [1.82, 2.24) is 35.4 Å². The van der Waals surface area contributed by atoms with Crippen LogP contribution in [0.3, 0.4) is 0 Å². The molecule has 1 fully saturated rings. The van der Waals surface area contributed by atoms with Crippen LogP contribution in [-0.2, 0) is 22.5 Å². The minimum Gasteiger partial charge on any atom is -0.356 e. The first-order chi connectivity index (χ1) is 17.5.